The van der Waals surface area contributed by atoms with Crippen LogP contribution in [0.4, 0.5) is 0 Å². The van der Waals surface area contributed by atoms with Gasteiger partial charge in [0.25, 0.3) is 5.91 Å². The summed E-state index contributed by atoms with van der Waals surface area (Å²) in [5.74, 6) is 0.0682. The Morgan fingerprint density at radius 1 is 1.32 bits per heavy atom. The zero-order valence-corrected chi connectivity index (χ0v) is 16.0. The van der Waals surface area contributed by atoms with Crippen LogP contribution in [0.2, 0.25) is 0 Å². The number of thiazole rings is 2. The second-order valence-corrected chi connectivity index (χ2v) is 8.22. The summed E-state index contributed by atoms with van der Waals surface area (Å²) in [6, 6.07) is 0.193. The van der Waals surface area contributed by atoms with Gasteiger partial charge in [-0.3, -0.25) is 14.1 Å². The molecule has 4 heterocycles. The molecule has 1 atom stereocenters. The van der Waals surface area contributed by atoms with Crippen LogP contribution < -0.4 is 0 Å². The van der Waals surface area contributed by atoms with Gasteiger partial charge < -0.3 is 4.90 Å². The predicted octanol–water partition coefficient (Wildman–Crippen LogP) is 3.28. The van der Waals surface area contributed by atoms with Gasteiger partial charge in [-0.05, 0) is 26.8 Å². The average Bonchev–Trinajstić information content (AvgIpc) is 3.37. The normalized spacial score (nSPS) is 16.2. The molecule has 0 radical (unpaired) electrons. The third kappa shape index (κ3) is 3.09. The number of amides is 1. The maximum Gasteiger partial charge on any atom is 0.274 e. The summed E-state index contributed by atoms with van der Waals surface area (Å²) in [4.78, 5) is 27.0. The lowest BCUT2D eigenvalue weighted by molar-refractivity contribution is 0.0785. The second kappa shape index (κ2) is 6.86. The van der Waals surface area contributed by atoms with E-state index in [4.69, 9.17) is 0 Å². The molecule has 1 aliphatic rings. The van der Waals surface area contributed by atoms with Crippen molar-refractivity contribution >= 4 is 33.5 Å². The van der Waals surface area contributed by atoms with Gasteiger partial charge in [0, 0.05) is 42.8 Å². The Bertz CT molecular complexity index is 863. The van der Waals surface area contributed by atoms with Gasteiger partial charge >= 0.3 is 0 Å². The van der Waals surface area contributed by atoms with E-state index in [0.29, 0.717) is 12.2 Å². The summed E-state index contributed by atoms with van der Waals surface area (Å²) < 4.78 is 2.05. The van der Waals surface area contributed by atoms with Crippen LogP contribution in [-0.2, 0) is 6.54 Å². The molecule has 3 aromatic heterocycles. The smallest absolute Gasteiger partial charge is 0.274 e. The molecule has 1 amide bonds. The molecule has 1 unspecified atom stereocenters. The Balaban J connectivity index is 1.64. The maximum atomic E-state index is 12.9. The molecule has 0 spiro atoms. The highest BCUT2D eigenvalue weighted by Crippen LogP contribution is 2.26. The number of hydrogen-bond donors (Lipinski definition) is 0. The minimum absolute atomic E-state index is 0.0682. The van der Waals surface area contributed by atoms with Gasteiger partial charge in [0.1, 0.15) is 5.01 Å². The molecule has 1 saturated heterocycles. The largest absolute Gasteiger partial charge is 0.337 e. The van der Waals surface area contributed by atoms with E-state index in [1.54, 1.807) is 22.7 Å². The topological polar surface area (TPSA) is 53.7 Å². The molecule has 6 nitrogen and oxygen atoms in total. The van der Waals surface area contributed by atoms with Crippen LogP contribution in [0.5, 0.6) is 0 Å². The van der Waals surface area contributed by atoms with Gasteiger partial charge in [0.2, 0.25) is 0 Å². The van der Waals surface area contributed by atoms with Gasteiger partial charge in [-0.15, -0.1) is 22.7 Å². The zero-order chi connectivity index (χ0) is 17.4. The maximum absolute atomic E-state index is 12.9. The van der Waals surface area contributed by atoms with E-state index in [1.165, 1.54) is 0 Å². The van der Waals surface area contributed by atoms with Crippen LogP contribution in [0, 0.1) is 0 Å². The van der Waals surface area contributed by atoms with E-state index in [9.17, 15) is 4.79 Å². The van der Waals surface area contributed by atoms with Crippen molar-refractivity contribution in [2.24, 2.45) is 0 Å². The number of rotatable bonds is 5. The van der Waals surface area contributed by atoms with Gasteiger partial charge in [-0.2, -0.15) is 0 Å². The molecule has 4 rings (SSSR count). The van der Waals surface area contributed by atoms with Crippen LogP contribution in [-0.4, -0.2) is 50.2 Å². The summed E-state index contributed by atoms with van der Waals surface area (Å²) >= 11 is 3.23. The van der Waals surface area contributed by atoms with E-state index in [-0.39, 0.29) is 11.9 Å². The number of nitrogens with zero attached hydrogens (tertiary/aromatic N) is 5. The third-order valence-electron chi connectivity index (χ3n) is 4.83. The van der Waals surface area contributed by atoms with Crippen molar-refractivity contribution in [3.05, 3.63) is 39.5 Å². The average molecular weight is 376 g/mol. The first-order valence-electron chi connectivity index (χ1n) is 8.48. The summed E-state index contributed by atoms with van der Waals surface area (Å²) in [6.45, 7) is 4.49. The highest BCUT2D eigenvalue weighted by atomic mass is 32.1. The lowest BCUT2D eigenvalue weighted by Crippen LogP contribution is -2.30. The Kier molecular flexibility index (Phi) is 4.58. The van der Waals surface area contributed by atoms with E-state index in [2.05, 4.69) is 33.2 Å². The Morgan fingerprint density at radius 2 is 2.12 bits per heavy atom. The van der Waals surface area contributed by atoms with Gasteiger partial charge in [0.15, 0.2) is 10.7 Å². The fraction of sp³-hybridized carbons (Fsp3) is 0.471. The Hall–Kier alpha value is -1.77. The summed E-state index contributed by atoms with van der Waals surface area (Å²) in [7, 11) is 2.07. The number of fused-ring (bicyclic) bond motifs is 1. The van der Waals surface area contributed by atoms with Crippen LogP contribution in [0.1, 0.15) is 47.0 Å². The molecule has 0 aromatic carbocycles. The van der Waals surface area contributed by atoms with Crippen molar-refractivity contribution in [1.82, 2.24) is 24.2 Å². The van der Waals surface area contributed by atoms with Crippen LogP contribution in [0.15, 0.2) is 23.2 Å². The lowest BCUT2D eigenvalue weighted by Gasteiger charge is -2.23. The van der Waals surface area contributed by atoms with Crippen molar-refractivity contribution in [1.29, 1.82) is 0 Å². The van der Waals surface area contributed by atoms with Crippen molar-refractivity contribution in [3.63, 3.8) is 0 Å². The number of aromatic nitrogens is 3. The number of imidazole rings is 1. The molecule has 0 N–H and O–H groups in total. The molecule has 0 bridgehead atoms. The SMILES string of the molecule is CC(c1nccs1)N(C)Cc1c(C(=O)N2CCCC2)nc2sccn12. The minimum atomic E-state index is 0.0682. The molecule has 8 heteroatoms. The number of likely N-dealkylation sites (tertiary alicyclic amines) is 1. The summed E-state index contributed by atoms with van der Waals surface area (Å²) in [5.41, 5.74) is 1.57. The number of carbonyl (C=O) groups excluding carboxylic acids is 1. The molecule has 132 valence electrons. The first-order chi connectivity index (χ1) is 12.1. The van der Waals surface area contributed by atoms with Crippen molar-refractivity contribution < 1.29 is 4.79 Å². The van der Waals surface area contributed by atoms with Crippen molar-refractivity contribution in [2.45, 2.75) is 32.4 Å². The van der Waals surface area contributed by atoms with Crippen LogP contribution in [0.3, 0.4) is 0 Å². The highest BCUT2D eigenvalue weighted by molar-refractivity contribution is 7.15. The van der Waals surface area contributed by atoms with E-state index >= 15 is 0 Å². The number of hydrogen-bond acceptors (Lipinski definition) is 6. The Morgan fingerprint density at radius 3 is 2.84 bits per heavy atom. The summed E-state index contributed by atoms with van der Waals surface area (Å²) in [6.07, 6.45) is 6.02. The molecule has 0 aliphatic carbocycles. The van der Waals surface area contributed by atoms with Crippen LogP contribution >= 0.6 is 22.7 Å². The zero-order valence-electron chi connectivity index (χ0n) is 14.4. The van der Waals surface area contributed by atoms with Crippen molar-refractivity contribution in [3.8, 4) is 0 Å². The third-order valence-corrected chi connectivity index (χ3v) is 6.53. The van der Waals surface area contributed by atoms with Crippen molar-refractivity contribution in [2.75, 3.05) is 20.1 Å². The summed E-state index contributed by atoms with van der Waals surface area (Å²) in [5, 5.41) is 5.10. The standard InChI is InChI=1S/C17H21N5OS2/c1-12(15-18-5-9-24-15)20(2)11-13-14(16(23)21-6-3-4-7-21)19-17-22(13)8-10-25-17/h5,8-10,12H,3-4,6-7,11H2,1-2H3. The fourth-order valence-corrected chi connectivity index (χ4v) is 4.72. The van der Waals surface area contributed by atoms with E-state index in [1.807, 2.05) is 28.1 Å². The van der Waals surface area contributed by atoms with Crippen LogP contribution in [0.25, 0.3) is 4.96 Å². The second-order valence-electron chi connectivity index (χ2n) is 6.42. The predicted molar refractivity (Wildman–Crippen MR) is 100 cm³/mol. The monoisotopic (exact) mass is 375 g/mol. The molecular formula is C17H21N5OS2. The molecular weight excluding hydrogens is 354 g/mol. The molecule has 25 heavy (non-hydrogen) atoms. The molecule has 3 aromatic rings. The molecule has 0 saturated carbocycles. The minimum Gasteiger partial charge on any atom is -0.337 e. The van der Waals surface area contributed by atoms with E-state index < -0.39 is 0 Å². The first-order valence-corrected chi connectivity index (χ1v) is 10.2. The lowest BCUT2D eigenvalue weighted by atomic mass is 10.2. The van der Waals surface area contributed by atoms with Gasteiger partial charge in [-0.25, -0.2) is 9.97 Å². The Labute approximate surface area is 154 Å². The number of carbonyl (C=O) groups is 1. The quantitative estimate of drug-likeness (QED) is 0.687. The first kappa shape index (κ1) is 16.7. The van der Waals surface area contributed by atoms with Gasteiger partial charge in [0.05, 0.1) is 11.7 Å². The van der Waals surface area contributed by atoms with Gasteiger partial charge in [-0.1, -0.05) is 0 Å². The fourth-order valence-electron chi connectivity index (χ4n) is 3.23. The highest BCUT2D eigenvalue weighted by Gasteiger charge is 2.27. The van der Waals surface area contributed by atoms with E-state index in [0.717, 1.165) is 41.6 Å². The molecule has 1 aliphatic heterocycles. The molecule has 1 fully saturated rings.